The number of hydrogen-bond acceptors (Lipinski definition) is 8. The van der Waals surface area contributed by atoms with Gasteiger partial charge in [0.1, 0.15) is 11.6 Å². The van der Waals surface area contributed by atoms with Crippen LogP contribution in [0.1, 0.15) is 38.7 Å². The lowest BCUT2D eigenvalue weighted by Crippen LogP contribution is -2.41. The molecule has 9 heteroatoms. The zero-order chi connectivity index (χ0) is 27.9. The van der Waals surface area contributed by atoms with Gasteiger partial charge in [0.15, 0.2) is 0 Å². The standard InChI is InChI=1S/C29H41FN6O2/c1-5-9-24(31)19-23(28(32)11-8-14-34-6-2)18-22(3)36(33)15-13-25-20-35(16-17-38-25)21-26-27(30)10-7-12-29(26)37-4/h6-10,12-15,18,25,32H,3,5,11,16-17,19-21,31,33H2,1-2,4H3/b14-8-,15-13+,23-18+,24-9+,32-28?,34-6?. The number of ether oxygens (including phenoxy) is 2. The number of nitrogens with zero attached hydrogens (tertiary/aromatic N) is 3. The second-order valence-electron chi connectivity index (χ2n) is 8.81. The highest BCUT2D eigenvalue weighted by atomic mass is 19.1. The van der Waals surface area contributed by atoms with Gasteiger partial charge in [0, 0.05) is 73.8 Å². The van der Waals surface area contributed by atoms with Crippen molar-refractivity contribution in [1.82, 2.24) is 9.91 Å². The van der Waals surface area contributed by atoms with Crippen molar-refractivity contribution in [2.24, 2.45) is 16.6 Å². The van der Waals surface area contributed by atoms with Gasteiger partial charge in [-0.3, -0.25) is 14.9 Å². The minimum absolute atomic E-state index is 0.227. The molecule has 1 heterocycles. The third kappa shape index (κ3) is 10.1. The molecule has 0 aliphatic carbocycles. The predicted octanol–water partition coefficient (Wildman–Crippen LogP) is 4.82. The molecule has 206 valence electrons. The first-order valence-electron chi connectivity index (χ1n) is 12.7. The third-order valence-electron chi connectivity index (χ3n) is 5.90. The molecule has 2 rings (SSSR count). The van der Waals surface area contributed by atoms with E-state index in [0.29, 0.717) is 67.5 Å². The molecule has 0 aromatic heterocycles. The largest absolute Gasteiger partial charge is 0.496 e. The fourth-order valence-corrected chi connectivity index (χ4v) is 3.91. The molecule has 0 saturated carbocycles. The monoisotopic (exact) mass is 524 g/mol. The molecule has 1 atom stereocenters. The summed E-state index contributed by atoms with van der Waals surface area (Å²) in [5.74, 6) is 6.49. The first kappa shape index (κ1) is 30.7. The van der Waals surface area contributed by atoms with Gasteiger partial charge in [-0.05, 0) is 43.2 Å². The predicted molar refractivity (Wildman–Crippen MR) is 153 cm³/mol. The number of nitrogens with two attached hydrogens (primary N) is 2. The van der Waals surface area contributed by atoms with Gasteiger partial charge in [-0.2, -0.15) is 0 Å². The Hall–Kier alpha value is -3.53. The maximum Gasteiger partial charge on any atom is 0.131 e. The van der Waals surface area contributed by atoms with E-state index in [1.807, 2.05) is 32.1 Å². The molecule has 0 spiro atoms. The van der Waals surface area contributed by atoms with Crippen LogP contribution in [-0.2, 0) is 11.3 Å². The van der Waals surface area contributed by atoms with Gasteiger partial charge in [0.25, 0.3) is 0 Å². The Bertz CT molecular complexity index is 1090. The average molecular weight is 525 g/mol. The van der Waals surface area contributed by atoms with Crippen molar-refractivity contribution < 1.29 is 13.9 Å². The fourth-order valence-electron chi connectivity index (χ4n) is 3.91. The minimum atomic E-state index is -0.288. The Kier molecular flexibility index (Phi) is 13.2. The molecule has 1 saturated heterocycles. The van der Waals surface area contributed by atoms with Gasteiger partial charge in [-0.25, -0.2) is 10.2 Å². The molecule has 1 unspecified atom stereocenters. The first-order valence-corrected chi connectivity index (χ1v) is 12.7. The zero-order valence-electron chi connectivity index (χ0n) is 22.7. The molecule has 0 radical (unpaired) electrons. The van der Waals surface area contributed by atoms with E-state index in [9.17, 15) is 4.39 Å². The van der Waals surface area contributed by atoms with E-state index in [0.717, 1.165) is 12.0 Å². The summed E-state index contributed by atoms with van der Waals surface area (Å²) in [6.07, 6.45) is 13.9. The van der Waals surface area contributed by atoms with Crippen LogP contribution in [0.4, 0.5) is 4.39 Å². The van der Waals surface area contributed by atoms with Gasteiger partial charge in [0.05, 0.1) is 19.8 Å². The normalized spacial score (nSPS) is 17.6. The second kappa shape index (κ2) is 16.3. The summed E-state index contributed by atoms with van der Waals surface area (Å²) in [7, 11) is 1.54. The number of allylic oxidation sites excluding steroid dienone is 4. The second-order valence-corrected chi connectivity index (χ2v) is 8.81. The van der Waals surface area contributed by atoms with Crippen LogP contribution in [0.15, 0.2) is 83.4 Å². The summed E-state index contributed by atoms with van der Waals surface area (Å²) in [5.41, 5.74) is 9.00. The SMILES string of the molecule is C=C(/C=C(\C/C(N)=C\CC)C(=N)C/C=C\N=CC)N(N)/C=C/C1CN(Cc2c(F)cccc2OC)CCO1. The molecule has 5 N–H and O–H groups in total. The van der Waals surface area contributed by atoms with Crippen molar-refractivity contribution in [2.75, 3.05) is 26.8 Å². The van der Waals surface area contributed by atoms with Crippen LogP contribution in [0, 0.1) is 11.2 Å². The number of nitrogens with one attached hydrogen (secondary N) is 1. The smallest absolute Gasteiger partial charge is 0.131 e. The number of benzene rings is 1. The van der Waals surface area contributed by atoms with Crippen molar-refractivity contribution in [3.05, 3.63) is 89.8 Å². The molecular formula is C29H41FN6O2. The Labute approximate surface area is 226 Å². The van der Waals surface area contributed by atoms with E-state index < -0.39 is 0 Å². The van der Waals surface area contributed by atoms with Gasteiger partial charge in [0.2, 0.25) is 0 Å². The number of aliphatic imine (C=N–C) groups is 1. The molecule has 1 aliphatic rings. The van der Waals surface area contributed by atoms with E-state index in [-0.39, 0.29) is 11.9 Å². The molecule has 1 aromatic rings. The number of hydrazine groups is 1. The van der Waals surface area contributed by atoms with Crippen LogP contribution >= 0.6 is 0 Å². The lowest BCUT2D eigenvalue weighted by Gasteiger charge is -2.32. The molecule has 38 heavy (non-hydrogen) atoms. The summed E-state index contributed by atoms with van der Waals surface area (Å²) in [6, 6.07) is 4.84. The quantitative estimate of drug-likeness (QED) is 0.139. The molecule has 1 aromatic carbocycles. The van der Waals surface area contributed by atoms with Gasteiger partial charge >= 0.3 is 0 Å². The third-order valence-corrected chi connectivity index (χ3v) is 5.90. The van der Waals surface area contributed by atoms with Crippen molar-refractivity contribution in [3.63, 3.8) is 0 Å². The van der Waals surface area contributed by atoms with Crippen LogP contribution in [0.2, 0.25) is 0 Å². The number of methoxy groups -OCH3 is 1. The highest BCUT2D eigenvalue weighted by Gasteiger charge is 2.21. The Morgan fingerprint density at radius 3 is 2.92 bits per heavy atom. The Morgan fingerprint density at radius 2 is 2.21 bits per heavy atom. The van der Waals surface area contributed by atoms with E-state index in [2.05, 4.69) is 16.5 Å². The van der Waals surface area contributed by atoms with Gasteiger partial charge in [-0.1, -0.05) is 31.7 Å². The summed E-state index contributed by atoms with van der Waals surface area (Å²) >= 11 is 0. The zero-order valence-corrected chi connectivity index (χ0v) is 22.7. The van der Waals surface area contributed by atoms with Crippen LogP contribution < -0.4 is 16.3 Å². The van der Waals surface area contributed by atoms with E-state index in [1.54, 1.807) is 43.9 Å². The number of halogens is 1. The van der Waals surface area contributed by atoms with E-state index >= 15 is 0 Å². The maximum atomic E-state index is 14.4. The van der Waals surface area contributed by atoms with Gasteiger partial charge in [-0.15, -0.1) is 0 Å². The fraction of sp³-hybridized carbons (Fsp3) is 0.379. The summed E-state index contributed by atoms with van der Waals surface area (Å²) in [6.45, 7) is 10.1. The summed E-state index contributed by atoms with van der Waals surface area (Å²) in [4.78, 5) is 6.16. The van der Waals surface area contributed by atoms with Crippen LogP contribution in [0.5, 0.6) is 5.75 Å². The highest BCUT2D eigenvalue weighted by Crippen LogP contribution is 2.24. The van der Waals surface area contributed by atoms with Gasteiger partial charge < -0.3 is 20.6 Å². The van der Waals surface area contributed by atoms with Crippen LogP contribution in [0.3, 0.4) is 0 Å². The molecule has 0 amide bonds. The van der Waals surface area contributed by atoms with E-state index in [4.69, 9.17) is 26.5 Å². The highest BCUT2D eigenvalue weighted by molar-refractivity contribution is 5.99. The Balaban J connectivity index is 2.07. The van der Waals surface area contributed by atoms with E-state index in [1.165, 1.54) is 11.1 Å². The maximum absolute atomic E-state index is 14.4. The van der Waals surface area contributed by atoms with Crippen molar-refractivity contribution in [2.45, 2.75) is 45.8 Å². The van der Waals surface area contributed by atoms with Crippen molar-refractivity contribution >= 4 is 11.9 Å². The first-order chi connectivity index (χ1) is 18.3. The lowest BCUT2D eigenvalue weighted by atomic mass is 10.0. The number of rotatable bonds is 14. The number of hydrogen-bond donors (Lipinski definition) is 3. The minimum Gasteiger partial charge on any atom is -0.496 e. The molecule has 1 fully saturated rings. The summed E-state index contributed by atoms with van der Waals surface area (Å²) in [5, 5.41) is 9.92. The van der Waals surface area contributed by atoms with Crippen molar-refractivity contribution in [1.29, 1.82) is 5.41 Å². The van der Waals surface area contributed by atoms with Crippen LogP contribution in [0.25, 0.3) is 0 Å². The lowest BCUT2D eigenvalue weighted by molar-refractivity contribution is -0.00752. The average Bonchev–Trinajstić information content (AvgIpc) is 2.90. The molecule has 8 nitrogen and oxygen atoms in total. The molecular weight excluding hydrogens is 483 g/mol. The summed E-state index contributed by atoms with van der Waals surface area (Å²) < 4.78 is 25.6. The molecule has 0 bridgehead atoms. The van der Waals surface area contributed by atoms with Crippen molar-refractivity contribution in [3.8, 4) is 5.75 Å². The number of morpholine rings is 1. The molecule has 1 aliphatic heterocycles. The van der Waals surface area contributed by atoms with Crippen LogP contribution in [-0.4, -0.2) is 54.7 Å². The topological polar surface area (TPSA) is 113 Å². The Morgan fingerprint density at radius 1 is 1.42 bits per heavy atom.